The highest BCUT2D eigenvalue weighted by Gasteiger charge is 2.29. The maximum Gasteiger partial charge on any atom is 0.228 e. The summed E-state index contributed by atoms with van der Waals surface area (Å²) in [6.45, 7) is 3.71. The number of anilines is 1. The van der Waals surface area contributed by atoms with Gasteiger partial charge in [0, 0.05) is 31.0 Å². The number of nitriles is 1. The largest absolute Gasteiger partial charge is 0.331 e. The zero-order chi connectivity index (χ0) is 20.5. The van der Waals surface area contributed by atoms with Gasteiger partial charge in [-0.1, -0.05) is 6.07 Å². The number of fused-ring (bicyclic) bond motifs is 1. The van der Waals surface area contributed by atoms with Gasteiger partial charge in [0.05, 0.1) is 23.4 Å². The van der Waals surface area contributed by atoms with Crippen molar-refractivity contribution in [3.8, 4) is 23.1 Å². The molecule has 0 amide bonds. The maximum atomic E-state index is 9.11. The fourth-order valence-electron chi connectivity index (χ4n) is 3.63. The molecule has 0 N–H and O–H groups in total. The van der Waals surface area contributed by atoms with Gasteiger partial charge in [-0.3, -0.25) is 9.55 Å². The minimum Gasteiger partial charge on any atom is -0.331 e. The molecule has 1 unspecified atom stereocenters. The minimum atomic E-state index is -0.133. The molecule has 4 heterocycles. The average molecular weight is 398 g/mol. The minimum absolute atomic E-state index is 0.133. The van der Waals surface area contributed by atoms with Crippen molar-refractivity contribution >= 4 is 5.95 Å². The molecule has 1 aromatic carbocycles. The van der Waals surface area contributed by atoms with Gasteiger partial charge in [0.2, 0.25) is 5.95 Å². The molecule has 0 aliphatic carbocycles. The predicted molar refractivity (Wildman–Crippen MR) is 108 cm³/mol. The predicted octanol–water partition coefficient (Wildman–Crippen LogP) is 2.16. The Balaban J connectivity index is 1.45. The van der Waals surface area contributed by atoms with Crippen LogP contribution in [0.15, 0.2) is 48.8 Å². The van der Waals surface area contributed by atoms with Gasteiger partial charge in [-0.05, 0) is 48.9 Å². The van der Waals surface area contributed by atoms with Crippen LogP contribution >= 0.6 is 0 Å². The summed E-state index contributed by atoms with van der Waals surface area (Å²) in [5.41, 5.74) is 2.23. The van der Waals surface area contributed by atoms with Crippen LogP contribution in [-0.4, -0.2) is 46.5 Å². The summed E-state index contributed by atoms with van der Waals surface area (Å²) in [7, 11) is 0. The second-order valence-electron chi connectivity index (χ2n) is 7.03. The van der Waals surface area contributed by atoms with Crippen molar-refractivity contribution in [2.45, 2.75) is 25.9 Å². The van der Waals surface area contributed by atoms with Crippen LogP contribution in [0, 0.1) is 11.3 Å². The lowest BCUT2D eigenvalue weighted by Crippen LogP contribution is -2.35. The fourth-order valence-corrected chi connectivity index (χ4v) is 3.63. The summed E-state index contributed by atoms with van der Waals surface area (Å²) in [6.07, 6.45) is 4.47. The van der Waals surface area contributed by atoms with Gasteiger partial charge >= 0.3 is 0 Å². The molecular weight excluding hydrogens is 380 g/mol. The van der Waals surface area contributed by atoms with E-state index < -0.39 is 0 Å². The van der Waals surface area contributed by atoms with Gasteiger partial charge in [-0.25, -0.2) is 0 Å². The number of hydrogen-bond donors (Lipinski definition) is 0. The lowest BCUT2D eigenvalue weighted by molar-refractivity contribution is 0.510. The van der Waals surface area contributed by atoms with Crippen molar-refractivity contribution in [1.82, 2.24) is 40.0 Å². The van der Waals surface area contributed by atoms with Crippen LogP contribution in [0.2, 0.25) is 0 Å². The summed E-state index contributed by atoms with van der Waals surface area (Å²) < 4.78 is 2.12. The second-order valence-corrected chi connectivity index (χ2v) is 7.03. The van der Waals surface area contributed by atoms with E-state index in [9.17, 15) is 0 Å². The normalized spacial score (nSPS) is 14.2. The lowest BCUT2D eigenvalue weighted by atomic mass is 10.2. The lowest BCUT2D eigenvalue weighted by Gasteiger charge is -2.32. The average Bonchev–Trinajstić information content (AvgIpc) is 3.47. The fraction of sp³-hybridized carbons (Fsp3) is 0.250. The van der Waals surface area contributed by atoms with Crippen LogP contribution in [0.4, 0.5) is 5.95 Å². The molecule has 1 aliphatic rings. The third-order valence-electron chi connectivity index (χ3n) is 5.18. The molecule has 30 heavy (non-hydrogen) atoms. The van der Waals surface area contributed by atoms with Crippen LogP contribution in [0.1, 0.15) is 30.8 Å². The Kier molecular flexibility index (Phi) is 4.40. The third-order valence-corrected chi connectivity index (χ3v) is 5.18. The number of aromatic nitrogens is 8. The molecule has 148 valence electrons. The first-order valence-corrected chi connectivity index (χ1v) is 9.65. The highest BCUT2D eigenvalue weighted by atomic mass is 15.6. The van der Waals surface area contributed by atoms with Gasteiger partial charge < -0.3 is 4.90 Å². The molecule has 0 radical (unpaired) electrons. The van der Waals surface area contributed by atoms with Crippen molar-refractivity contribution in [2.75, 3.05) is 11.4 Å². The van der Waals surface area contributed by atoms with Gasteiger partial charge in [-0.15, -0.1) is 25.2 Å². The molecule has 0 fully saturated rings. The van der Waals surface area contributed by atoms with Gasteiger partial charge in [0.1, 0.15) is 0 Å². The van der Waals surface area contributed by atoms with E-state index in [2.05, 4.69) is 46.1 Å². The zero-order valence-electron chi connectivity index (χ0n) is 16.3. The molecule has 10 heteroatoms. The van der Waals surface area contributed by atoms with E-state index in [-0.39, 0.29) is 6.04 Å². The van der Waals surface area contributed by atoms with Crippen molar-refractivity contribution in [1.29, 1.82) is 5.26 Å². The van der Waals surface area contributed by atoms with Crippen LogP contribution in [-0.2, 0) is 6.54 Å². The zero-order valence-corrected chi connectivity index (χ0v) is 16.3. The van der Waals surface area contributed by atoms with Crippen molar-refractivity contribution in [2.24, 2.45) is 0 Å². The molecular formula is C20H18N10. The number of pyridine rings is 1. The van der Waals surface area contributed by atoms with E-state index >= 15 is 0 Å². The number of benzene rings is 1. The first-order valence-electron chi connectivity index (χ1n) is 9.65. The molecule has 3 aromatic heterocycles. The number of nitrogens with zero attached hydrogens (tertiary/aromatic N) is 10. The Hall–Kier alpha value is -4.13. The summed E-state index contributed by atoms with van der Waals surface area (Å²) in [5.74, 6) is 2.21. The first kappa shape index (κ1) is 17.9. The summed E-state index contributed by atoms with van der Waals surface area (Å²) >= 11 is 0. The van der Waals surface area contributed by atoms with Crippen LogP contribution in [0.25, 0.3) is 17.1 Å². The van der Waals surface area contributed by atoms with Crippen LogP contribution < -0.4 is 4.90 Å². The molecule has 5 rings (SSSR count). The monoisotopic (exact) mass is 398 g/mol. The SMILES string of the molecule is CC(c1nnn(-c2cccc(C#N)c2)n1)N1CCCn2c(-c3ccncc3)nnc21. The van der Waals surface area contributed by atoms with E-state index in [0.717, 1.165) is 36.8 Å². The van der Waals surface area contributed by atoms with Crippen molar-refractivity contribution in [3.63, 3.8) is 0 Å². The topological polar surface area (TPSA) is 114 Å². The molecule has 10 nitrogen and oxygen atoms in total. The van der Waals surface area contributed by atoms with E-state index in [0.29, 0.717) is 17.1 Å². The molecule has 1 atom stereocenters. The Labute approximate surface area is 172 Å². The van der Waals surface area contributed by atoms with Gasteiger partial charge in [-0.2, -0.15) is 5.26 Å². The molecule has 0 bridgehead atoms. The van der Waals surface area contributed by atoms with Crippen LogP contribution in [0.5, 0.6) is 0 Å². The van der Waals surface area contributed by atoms with E-state index in [1.807, 2.05) is 25.1 Å². The first-order chi connectivity index (χ1) is 14.7. The number of hydrogen-bond acceptors (Lipinski definition) is 8. The smallest absolute Gasteiger partial charge is 0.228 e. The third kappa shape index (κ3) is 3.06. The molecule has 1 aliphatic heterocycles. The highest BCUT2D eigenvalue weighted by molar-refractivity contribution is 5.57. The van der Waals surface area contributed by atoms with Gasteiger partial charge in [0.15, 0.2) is 11.6 Å². The summed E-state index contributed by atoms with van der Waals surface area (Å²) in [6, 6.07) is 13.0. The van der Waals surface area contributed by atoms with Crippen molar-refractivity contribution in [3.05, 3.63) is 60.2 Å². The van der Waals surface area contributed by atoms with E-state index in [1.54, 1.807) is 30.6 Å². The molecule has 0 saturated carbocycles. The number of tetrazole rings is 1. The second kappa shape index (κ2) is 7.36. The quantitative estimate of drug-likeness (QED) is 0.514. The Bertz CT molecular complexity index is 1220. The molecule has 0 saturated heterocycles. The maximum absolute atomic E-state index is 9.11. The van der Waals surface area contributed by atoms with Crippen LogP contribution in [0.3, 0.4) is 0 Å². The number of rotatable bonds is 4. The summed E-state index contributed by atoms with van der Waals surface area (Å²) in [4.78, 5) is 7.67. The van der Waals surface area contributed by atoms with E-state index in [4.69, 9.17) is 5.26 Å². The van der Waals surface area contributed by atoms with Gasteiger partial charge in [0.25, 0.3) is 0 Å². The Morgan fingerprint density at radius 3 is 2.77 bits per heavy atom. The van der Waals surface area contributed by atoms with Crippen molar-refractivity contribution < 1.29 is 0 Å². The summed E-state index contributed by atoms with van der Waals surface area (Å²) in [5, 5.41) is 31.0. The molecule has 4 aromatic rings. The highest BCUT2D eigenvalue weighted by Crippen LogP contribution is 2.31. The Morgan fingerprint density at radius 1 is 1.07 bits per heavy atom. The Morgan fingerprint density at radius 2 is 1.93 bits per heavy atom. The molecule has 0 spiro atoms. The standard InChI is InChI=1S/C20H18N10/c1-14(18-23-27-30(26-18)17-5-2-4-15(12-17)13-21)28-10-3-11-29-19(24-25-20(28)29)16-6-8-22-9-7-16/h2,4-9,12,14H,3,10-11H2,1H3. The van der Waals surface area contributed by atoms with E-state index in [1.165, 1.54) is 4.80 Å².